The van der Waals surface area contributed by atoms with Crippen LogP contribution in [0, 0.1) is 18.2 Å². The van der Waals surface area contributed by atoms with Gasteiger partial charge >= 0.3 is 6.01 Å². The molecule has 49 heavy (non-hydrogen) atoms. The molecule has 3 atom stereocenters. The highest BCUT2D eigenvalue weighted by molar-refractivity contribution is 6.36. The molecular formula is C35H33ClF3N7O3. The molecule has 14 heteroatoms. The van der Waals surface area contributed by atoms with Gasteiger partial charge in [-0.3, -0.25) is 14.7 Å². The predicted octanol–water partition coefficient (Wildman–Crippen LogP) is 5.56. The Balaban J connectivity index is 1.33. The summed E-state index contributed by atoms with van der Waals surface area (Å²) in [5.74, 6) is -3.16. The van der Waals surface area contributed by atoms with Crippen molar-refractivity contribution in [3.8, 4) is 17.3 Å². The first-order valence-corrected chi connectivity index (χ1v) is 16.5. The molecule has 0 saturated carbocycles. The van der Waals surface area contributed by atoms with Gasteiger partial charge in [-0.15, -0.1) is 0 Å². The van der Waals surface area contributed by atoms with Crippen LogP contribution >= 0.6 is 11.6 Å². The summed E-state index contributed by atoms with van der Waals surface area (Å²) in [6, 6.07) is 7.14. The molecule has 0 bridgehead atoms. The Morgan fingerprint density at radius 1 is 1.16 bits per heavy atom. The van der Waals surface area contributed by atoms with Crippen LogP contribution in [-0.4, -0.2) is 99.3 Å². The zero-order valence-electron chi connectivity index (χ0n) is 26.5. The largest absolute Gasteiger partial charge is 0.461 e. The molecule has 10 nitrogen and oxygen atoms in total. The first kappa shape index (κ1) is 33.0. The van der Waals surface area contributed by atoms with Crippen molar-refractivity contribution in [1.29, 1.82) is 0 Å². The highest BCUT2D eigenvalue weighted by atomic mass is 35.5. The minimum Gasteiger partial charge on any atom is -0.461 e. The highest BCUT2D eigenvalue weighted by Crippen LogP contribution is 2.43. The molecule has 3 fully saturated rings. The van der Waals surface area contributed by atoms with Gasteiger partial charge in [-0.25, -0.2) is 19.7 Å². The van der Waals surface area contributed by atoms with Gasteiger partial charge in [0, 0.05) is 42.8 Å². The van der Waals surface area contributed by atoms with E-state index in [0.717, 1.165) is 32.2 Å². The van der Waals surface area contributed by atoms with Crippen molar-refractivity contribution in [2.24, 2.45) is 0 Å². The Labute approximate surface area is 285 Å². The van der Waals surface area contributed by atoms with E-state index in [1.165, 1.54) is 17.2 Å². The van der Waals surface area contributed by atoms with Crippen LogP contribution in [0.4, 0.5) is 19.0 Å². The summed E-state index contributed by atoms with van der Waals surface area (Å²) in [6.45, 7) is 12.0. The molecule has 3 saturated heterocycles. The summed E-state index contributed by atoms with van der Waals surface area (Å²) in [5.41, 5.74) is -0.210. The zero-order valence-corrected chi connectivity index (χ0v) is 27.3. The average Bonchev–Trinajstić information content (AvgIpc) is 3.68. The fourth-order valence-corrected chi connectivity index (χ4v) is 8.03. The smallest absolute Gasteiger partial charge is 0.319 e. The van der Waals surface area contributed by atoms with Crippen molar-refractivity contribution >= 4 is 45.0 Å². The predicted molar refractivity (Wildman–Crippen MR) is 179 cm³/mol. The van der Waals surface area contributed by atoms with Crippen LogP contribution in [0.5, 0.6) is 6.01 Å². The number of fused-ring (bicyclic) bond motifs is 3. The third-order valence-corrected chi connectivity index (χ3v) is 10.5. The van der Waals surface area contributed by atoms with Gasteiger partial charge < -0.3 is 24.5 Å². The molecule has 254 valence electrons. The maximum atomic E-state index is 16.8. The second-order valence-electron chi connectivity index (χ2n) is 12.8. The number of aliphatic hydroxyl groups excluding tert-OH is 1. The van der Waals surface area contributed by atoms with E-state index in [1.807, 2.05) is 0 Å². The van der Waals surface area contributed by atoms with Crippen LogP contribution in [0.25, 0.3) is 37.8 Å². The van der Waals surface area contributed by atoms with Crippen molar-refractivity contribution in [3.63, 3.8) is 0 Å². The number of carbonyl (C=O) groups is 1. The summed E-state index contributed by atoms with van der Waals surface area (Å²) < 4.78 is 51.6. The van der Waals surface area contributed by atoms with Crippen molar-refractivity contribution in [3.05, 3.63) is 77.0 Å². The lowest BCUT2D eigenvalue weighted by molar-refractivity contribution is -0.131. The SMILES string of the molecule is [C-]#[N+]C[C@H]1CN(c2nc(OCC34CCCN3C(CO)CC4)nc3c(F)c(-c4cccc5ccc(F)c(Cl)c45)ncc23)CCN1C(=O)C(=C)F. The number of anilines is 1. The minimum atomic E-state index is -1.12. The van der Waals surface area contributed by atoms with Gasteiger partial charge in [-0.05, 0) is 43.7 Å². The van der Waals surface area contributed by atoms with E-state index >= 15 is 4.39 Å². The number of amides is 1. The molecule has 2 unspecified atom stereocenters. The molecule has 2 aromatic carbocycles. The van der Waals surface area contributed by atoms with Crippen LogP contribution < -0.4 is 9.64 Å². The number of aromatic nitrogens is 3. The number of hydrogen-bond acceptors (Lipinski definition) is 8. The second-order valence-corrected chi connectivity index (χ2v) is 13.2. The van der Waals surface area contributed by atoms with E-state index in [-0.39, 0.29) is 90.0 Å². The number of hydrogen-bond donors (Lipinski definition) is 1. The number of nitrogens with zero attached hydrogens (tertiary/aromatic N) is 7. The first-order chi connectivity index (χ1) is 23.7. The molecule has 3 aliphatic heterocycles. The maximum Gasteiger partial charge on any atom is 0.319 e. The molecular weight excluding hydrogens is 659 g/mol. The summed E-state index contributed by atoms with van der Waals surface area (Å²) in [4.78, 5) is 35.1. The molecule has 1 amide bonds. The zero-order chi connectivity index (χ0) is 34.4. The van der Waals surface area contributed by atoms with Gasteiger partial charge in [-0.1, -0.05) is 42.4 Å². The van der Waals surface area contributed by atoms with Crippen molar-refractivity contribution < 1.29 is 27.8 Å². The van der Waals surface area contributed by atoms with Gasteiger partial charge in [0.1, 0.15) is 35.5 Å². The number of halogens is 4. The number of benzene rings is 2. The summed E-state index contributed by atoms with van der Waals surface area (Å²) in [7, 11) is 0. The highest BCUT2D eigenvalue weighted by Gasteiger charge is 2.49. The number of rotatable bonds is 8. The third kappa shape index (κ3) is 5.71. The lowest BCUT2D eigenvalue weighted by Gasteiger charge is -2.39. The third-order valence-electron chi connectivity index (χ3n) is 10.1. The Bertz CT molecular complexity index is 2030. The Morgan fingerprint density at radius 3 is 2.78 bits per heavy atom. The topological polar surface area (TPSA) is 99.3 Å². The van der Waals surface area contributed by atoms with Crippen molar-refractivity contribution in [1.82, 2.24) is 24.8 Å². The molecule has 0 spiro atoms. The van der Waals surface area contributed by atoms with Crippen LogP contribution in [0.15, 0.2) is 48.9 Å². The van der Waals surface area contributed by atoms with E-state index in [0.29, 0.717) is 10.8 Å². The normalized spacial score (nSPS) is 22.4. The quantitative estimate of drug-likeness (QED) is 0.189. The lowest BCUT2D eigenvalue weighted by Crippen LogP contribution is -2.56. The van der Waals surface area contributed by atoms with Crippen LogP contribution in [0.2, 0.25) is 5.02 Å². The van der Waals surface area contributed by atoms with Gasteiger partial charge in [-0.2, -0.15) is 9.97 Å². The van der Waals surface area contributed by atoms with Crippen LogP contribution in [0.3, 0.4) is 0 Å². The maximum absolute atomic E-state index is 16.8. The summed E-state index contributed by atoms with van der Waals surface area (Å²) >= 11 is 6.39. The van der Waals surface area contributed by atoms with Crippen molar-refractivity contribution in [2.45, 2.75) is 43.3 Å². The van der Waals surface area contributed by atoms with Gasteiger partial charge in [0.05, 0.1) is 22.6 Å². The lowest BCUT2D eigenvalue weighted by atomic mass is 9.95. The van der Waals surface area contributed by atoms with Crippen LogP contribution in [0.1, 0.15) is 25.7 Å². The molecule has 3 aliphatic rings. The molecule has 7 rings (SSSR count). The number of aliphatic hydroxyl groups is 1. The van der Waals surface area contributed by atoms with Crippen molar-refractivity contribution in [2.75, 3.05) is 50.8 Å². The molecule has 1 N–H and O–H groups in total. The summed E-state index contributed by atoms with van der Waals surface area (Å²) in [5, 5.41) is 10.9. The number of piperazine rings is 1. The molecule has 0 radical (unpaired) electrons. The fourth-order valence-electron chi connectivity index (χ4n) is 7.76. The van der Waals surface area contributed by atoms with Gasteiger partial charge in [0.15, 0.2) is 11.6 Å². The fraction of sp³-hybridized carbons (Fsp3) is 0.400. The van der Waals surface area contributed by atoms with E-state index in [4.69, 9.17) is 27.9 Å². The number of ether oxygens (including phenoxy) is 1. The summed E-state index contributed by atoms with van der Waals surface area (Å²) in [6.07, 6.45) is 4.92. The van der Waals surface area contributed by atoms with Crippen LogP contribution in [-0.2, 0) is 4.79 Å². The van der Waals surface area contributed by atoms with Gasteiger partial charge in [0.2, 0.25) is 6.54 Å². The Kier molecular flexibility index (Phi) is 8.81. The average molecular weight is 692 g/mol. The number of pyridine rings is 1. The van der Waals surface area contributed by atoms with E-state index < -0.39 is 29.4 Å². The second kappa shape index (κ2) is 13.1. The van der Waals surface area contributed by atoms with Gasteiger partial charge in [0.25, 0.3) is 5.91 Å². The monoisotopic (exact) mass is 691 g/mol. The first-order valence-electron chi connectivity index (χ1n) is 16.1. The molecule has 5 heterocycles. The molecule has 2 aromatic heterocycles. The standard InChI is InChI=1S/C35H33ClF3N7O3/c1-20(37)33(48)45-14-13-44(17-23(45)15-40-2)32-25-16-41-30(24-6-3-5-21-7-8-26(38)28(36)27(21)24)29(39)31(25)42-34(43-32)49-19-35-10-4-12-46(35)22(18-47)9-11-35/h3,5-8,16,22-23,47H,1,4,9-15,17-19H2/t22?,23-,35?/m0/s1. The molecule has 0 aliphatic carbocycles. The molecule has 4 aromatic rings. The van der Waals surface area contributed by atoms with E-state index in [1.54, 1.807) is 29.2 Å². The number of carbonyl (C=O) groups excluding carboxylic acids is 1. The Hall–Kier alpha value is -4.51. The van der Waals surface area contributed by atoms with E-state index in [2.05, 4.69) is 26.3 Å². The Morgan fingerprint density at radius 2 is 2.00 bits per heavy atom. The van der Waals surface area contributed by atoms with E-state index in [9.17, 15) is 18.7 Å². The minimum absolute atomic E-state index is 0.0430.